The first-order valence-corrected chi connectivity index (χ1v) is 7.41. The van der Waals surface area contributed by atoms with Crippen molar-refractivity contribution in [1.29, 1.82) is 0 Å². The number of aliphatic hydroxyl groups is 1. The fourth-order valence-corrected chi connectivity index (χ4v) is 3.05. The summed E-state index contributed by atoms with van der Waals surface area (Å²) in [5.41, 5.74) is 0.414. The molecule has 0 amide bonds. The zero-order valence-electron chi connectivity index (χ0n) is 12.0. The molecule has 4 nitrogen and oxygen atoms in total. The Morgan fingerprint density at radius 3 is 2.67 bits per heavy atom. The highest BCUT2D eigenvalue weighted by Gasteiger charge is 2.30. The minimum Gasteiger partial charge on any atom is -0.383 e. The number of ether oxygens (including phenoxy) is 1. The summed E-state index contributed by atoms with van der Waals surface area (Å²) in [6.45, 7) is 2.78. The Morgan fingerprint density at radius 1 is 1.38 bits per heavy atom. The van der Waals surface area contributed by atoms with Crippen molar-refractivity contribution in [2.24, 2.45) is 0 Å². The Bertz CT molecular complexity index is 596. The Hall–Kier alpha value is -1.24. The lowest BCUT2D eigenvalue weighted by atomic mass is 9.93. The first kappa shape index (κ1) is 16.1. The van der Waals surface area contributed by atoms with Gasteiger partial charge in [-0.3, -0.25) is 4.68 Å². The van der Waals surface area contributed by atoms with Crippen molar-refractivity contribution in [1.82, 2.24) is 9.78 Å². The Balaban J connectivity index is 2.25. The zero-order chi connectivity index (χ0) is 15.5. The van der Waals surface area contributed by atoms with Gasteiger partial charge in [-0.05, 0) is 40.5 Å². The summed E-state index contributed by atoms with van der Waals surface area (Å²) < 4.78 is 20.5. The largest absolute Gasteiger partial charge is 0.383 e. The number of methoxy groups -OCH3 is 1. The minimum atomic E-state index is -1.12. The molecule has 1 unspecified atom stereocenters. The third-order valence-electron chi connectivity index (χ3n) is 3.27. The summed E-state index contributed by atoms with van der Waals surface area (Å²) in [6, 6.07) is 6.13. The Labute approximate surface area is 131 Å². The summed E-state index contributed by atoms with van der Waals surface area (Å²) in [5.74, 6) is -0.287. The lowest BCUT2D eigenvalue weighted by molar-refractivity contribution is 0.0453. The average molecular weight is 357 g/mol. The second kappa shape index (κ2) is 6.68. The normalized spacial score (nSPS) is 14.1. The van der Waals surface area contributed by atoms with Crippen LogP contribution in [0.1, 0.15) is 18.2 Å². The minimum absolute atomic E-state index is 0.287. The lowest BCUT2D eigenvalue weighted by Gasteiger charge is -2.25. The molecule has 0 spiro atoms. The topological polar surface area (TPSA) is 47.3 Å². The maximum absolute atomic E-state index is 13.0. The summed E-state index contributed by atoms with van der Waals surface area (Å²) in [7, 11) is 1.62. The van der Waals surface area contributed by atoms with Gasteiger partial charge < -0.3 is 9.84 Å². The van der Waals surface area contributed by atoms with Crippen molar-refractivity contribution in [2.45, 2.75) is 25.5 Å². The molecule has 0 aliphatic heterocycles. The van der Waals surface area contributed by atoms with Gasteiger partial charge >= 0.3 is 0 Å². The first-order valence-electron chi connectivity index (χ1n) is 6.61. The van der Waals surface area contributed by atoms with Gasteiger partial charge in [-0.25, -0.2) is 4.39 Å². The smallest absolute Gasteiger partial charge is 0.123 e. The van der Waals surface area contributed by atoms with E-state index in [-0.39, 0.29) is 5.82 Å². The van der Waals surface area contributed by atoms with Crippen molar-refractivity contribution in [3.8, 4) is 0 Å². The second-order valence-electron chi connectivity index (χ2n) is 5.13. The van der Waals surface area contributed by atoms with E-state index in [4.69, 9.17) is 4.74 Å². The molecule has 21 heavy (non-hydrogen) atoms. The van der Waals surface area contributed by atoms with Gasteiger partial charge in [0.2, 0.25) is 0 Å². The van der Waals surface area contributed by atoms with E-state index >= 15 is 0 Å². The number of benzene rings is 1. The van der Waals surface area contributed by atoms with Gasteiger partial charge in [0.15, 0.2) is 0 Å². The molecule has 0 aliphatic rings. The molecule has 1 atom stereocenters. The van der Waals surface area contributed by atoms with Crippen molar-refractivity contribution in [3.05, 3.63) is 52.0 Å². The third kappa shape index (κ3) is 3.90. The first-order chi connectivity index (χ1) is 9.94. The van der Waals surface area contributed by atoms with E-state index < -0.39 is 5.60 Å². The number of aromatic nitrogens is 2. The SMILES string of the molecule is COCCn1ncc(Br)c1C(C)(O)Cc1ccc(F)cc1. The summed E-state index contributed by atoms with van der Waals surface area (Å²) >= 11 is 3.43. The van der Waals surface area contributed by atoms with Crippen LogP contribution < -0.4 is 0 Å². The van der Waals surface area contributed by atoms with Crippen LogP contribution in [0.25, 0.3) is 0 Å². The van der Waals surface area contributed by atoms with Crippen LogP contribution in [0.4, 0.5) is 4.39 Å². The van der Waals surface area contributed by atoms with Crippen LogP contribution in [0.2, 0.25) is 0 Å². The molecule has 0 saturated heterocycles. The van der Waals surface area contributed by atoms with Gasteiger partial charge in [0.05, 0.1) is 29.5 Å². The van der Waals surface area contributed by atoms with Gasteiger partial charge in [0.1, 0.15) is 11.4 Å². The molecule has 1 aromatic carbocycles. The summed E-state index contributed by atoms with van der Waals surface area (Å²) in [4.78, 5) is 0. The van der Waals surface area contributed by atoms with E-state index in [2.05, 4.69) is 21.0 Å². The predicted molar refractivity (Wildman–Crippen MR) is 81.5 cm³/mol. The molecular weight excluding hydrogens is 339 g/mol. The Kier molecular flexibility index (Phi) is 5.13. The van der Waals surface area contributed by atoms with Crippen molar-refractivity contribution in [2.75, 3.05) is 13.7 Å². The standard InChI is InChI=1S/C15H18BrFN2O2/c1-15(20,9-11-3-5-12(17)6-4-11)14-13(16)10-18-19(14)7-8-21-2/h3-6,10,20H,7-9H2,1-2H3. The molecule has 1 N–H and O–H groups in total. The molecule has 0 saturated carbocycles. The predicted octanol–water partition coefficient (Wildman–Crippen LogP) is 2.88. The Morgan fingerprint density at radius 2 is 2.05 bits per heavy atom. The van der Waals surface area contributed by atoms with Crippen LogP contribution in [0.15, 0.2) is 34.9 Å². The molecule has 0 fully saturated rings. The van der Waals surface area contributed by atoms with Crippen LogP contribution in [0.5, 0.6) is 0 Å². The summed E-state index contributed by atoms with van der Waals surface area (Å²) in [6.07, 6.45) is 2.02. The molecule has 114 valence electrons. The monoisotopic (exact) mass is 356 g/mol. The number of rotatable bonds is 6. The molecule has 2 aromatic rings. The molecule has 1 heterocycles. The van der Waals surface area contributed by atoms with E-state index in [1.165, 1.54) is 12.1 Å². The maximum Gasteiger partial charge on any atom is 0.123 e. The average Bonchev–Trinajstić information content (AvgIpc) is 2.81. The lowest BCUT2D eigenvalue weighted by Crippen LogP contribution is -2.29. The highest BCUT2D eigenvalue weighted by Crippen LogP contribution is 2.31. The molecule has 1 aromatic heterocycles. The number of hydrogen-bond donors (Lipinski definition) is 1. The molecular formula is C15H18BrFN2O2. The third-order valence-corrected chi connectivity index (χ3v) is 3.85. The number of hydrogen-bond acceptors (Lipinski definition) is 3. The van der Waals surface area contributed by atoms with Crippen LogP contribution in [0.3, 0.4) is 0 Å². The highest BCUT2D eigenvalue weighted by molar-refractivity contribution is 9.10. The number of nitrogens with zero attached hydrogens (tertiary/aromatic N) is 2. The second-order valence-corrected chi connectivity index (χ2v) is 5.99. The number of halogens is 2. The highest BCUT2D eigenvalue weighted by atomic mass is 79.9. The fourth-order valence-electron chi connectivity index (χ4n) is 2.33. The van der Waals surface area contributed by atoms with Gasteiger partial charge in [-0.2, -0.15) is 5.10 Å². The van der Waals surface area contributed by atoms with E-state index in [9.17, 15) is 9.50 Å². The van der Waals surface area contributed by atoms with E-state index in [0.717, 1.165) is 10.0 Å². The molecule has 0 radical (unpaired) electrons. The van der Waals surface area contributed by atoms with Gasteiger partial charge in [0, 0.05) is 13.5 Å². The van der Waals surface area contributed by atoms with Crippen molar-refractivity contribution in [3.63, 3.8) is 0 Å². The summed E-state index contributed by atoms with van der Waals surface area (Å²) in [5, 5.41) is 15.1. The molecule has 2 rings (SSSR count). The zero-order valence-corrected chi connectivity index (χ0v) is 13.6. The van der Waals surface area contributed by atoms with Crippen molar-refractivity contribution >= 4 is 15.9 Å². The molecule has 0 aliphatic carbocycles. The van der Waals surface area contributed by atoms with E-state index in [1.807, 2.05) is 0 Å². The van der Waals surface area contributed by atoms with Crippen LogP contribution in [-0.4, -0.2) is 28.6 Å². The molecule has 6 heteroatoms. The van der Waals surface area contributed by atoms with E-state index in [0.29, 0.717) is 25.3 Å². The van der Waals surface area contributed by atoms with Crippen LogP contribution in [-0.2, 0) is 23.3 Å². The van der Waals surface area contributed by atoms with Crippen LogP contribution >= 0.6 is 15.9 Å². The van der Waals surface area contributed by atoms with Crippen molar-refractivity contribution < 1.29 is 14.2 Å². The van der Waals surface area contributed by atoms with E-state index in [1.54, 1.807) is 37.0 Å². The quantitative estimate of drug-likeness (QED) is 0.865. The van der Waals surface area contributed by atoms with Crippen LogP contribution in [0, 0.1) is 5.82 Å². The van der Waals surface area contributed by atoms with Gasteiger partial charge in [-0.1, -0.05) is 12.1 Å². The van der Waals surface area contributed by atoms with Gasteiger partial charge in [0.25, 0.3) is 0 Å². The van der Waals surface area contributed by atoms with Gasteiger partial charge in [-0.15, -0.1) is 0 Å². The fraction of sp³-hybridized carbons (Fsp3) is 0.400. The maximum atomic E-state index is 13.0. The molecule has 0 bridgehead atoms.